The number of nitrogens with zero attached hydrogens (tertiary/aromatic N) is 1. The average molecular weight is 456 g/mol. The molecule has 4 rings (SSSR count). The smallest absolute Gasteiger partial charge is 0.240 e. The van der Waals surface area contributed by atoms with Gasteiger partial charge in [-0.05, 0) is 62.4 Å². The Kier molecular flexibility index (Phi) is 6.35. The lowest BCUT2D eigenvalue weighted by atomic mass is 10.1. The number of benzene rings is 2. The monoisotopic (exact) mass is 455 g/mol. The first-order chi connectivity index (χ1) is 15.2. The molecule has 0 aromatic heterocycles. The summed E-state index contributed by atoms with van der Waals surface area (Å²) in [6.07, 6.45) is 2.56. The van der Waals surface area contributed by atoms with Gasteiger partial charge in [0.1, 0.15) is 0 Å². The fourth-order valence-electron chi connectivity index (χ4n) is 4.01. The number of carbonyl (C=O) groups excluding carboxylic acids is 2. The Hall–Kier alpha value is -2.71. The minimum Gasteiger partial charge on any atom is -0.352 e. The molecule has 1 atom stereocenters. The molecule has 0 saturated heterocycles. The zero-order valence-corrected chi connectivity index (χ0v) is 19.2. The number of amides is 2. The van der Waals surface area contributed by atoms with E-state index in [2.05, 4.69) is 10.0 Å². The first kappa shape index (κ1) is 22.5. The van der Waals surface area contributed by atoms with Crippen LogP contribution in [0.25, 0.3) is 0 Å². The lowest BCUT2D eigenvalue weighted by Gasteiger charge is -2.22. The van der Waals surface area contributed by atoms with E-state index in [0.29, 0.717) is 13.0 Å². The van der Waals surface area contributed by atoms with Crippen LogP contribution in [0.5, 0.6) is 0 Å². The van der Waals surface area contributed by atoms with Crippen molar-refractivity contribution in [2.45, 2.75) is 57.0 Å². The second-order valence-corrected chi connectivity index (χ2v) is 10.5. The van der Waals surface area contributed by atoms with E-state index in [4.69, 9.17) is 0 Å². The van der Waals surface area contributed by atoms with Gasteiger partial charge in [0.25, 0.3) is 0 Å². The molecule has 2 amide bonds. The van der Waals surface area contributed by atoms with Crippen LogP contribution < -0.4 is 14.9 Å². The van der Waals surface area contributed by atoms with Gasteiger partial charge in [-0.15, -0.1) is 0 Å². The lowest BCUT2D eigenvalue weighted by Crippen LogP contribution is -2.36. The van der Waals surface area contributed by atoms with Crippen molar-refractivity contribution in [3.05, 3.63) is 59.2 Å². The highest BCUT2D eigenvalue weighted by atomic mass is 32.2. The van der Waals surface area contributed by atoms with E-state index >= 15 is 0 Å². The summed E-state index contributed by atoms with van der Waals surface area (Å²) in [4.78, 5) is 26.6. The number of nitrogens with one attached hydrogen (secondary N) is 2. The van der Waals surface area contributed by atoms with Crippen molar-refractivity contribution >= 4 is 27.5 Å². The van der Waals surface area contributed by atoms with Crippen LogP contribution in [0.3, 0.4) is 0 Å². The molecule has 7 nitrogen and oxygen atoms in total. The van der Waals surface area contributed by atoms with Crippen molar-refractivity contribution < 1.29 is 18.0 Å². The third-order valence-electron chi connectivity index (χ3n) is 6.00. The summed E-state index contributed by atoms with van der Waals surface area (Å²) >= 11 is 0. The van der Waals surface area contributed by atoms with Crippen molar-refractivity contribution in [1.82, 2.24) is 10.0 Å². The van der Waals surface area contributed by atoms with Gasteiger partial charge in [0, 0.05) is 37.2 Å². The van der Waals surface area contributed by atoms with Gasteiger partial charge in [-0.1, -0.05) is 29.8 Å². The van der Waals surface area contributed by atoms with Gasteiger partial charge in [-0.25, -0.2) is 13.1 Å². The van der Waals surface area contributed by atoms with Gasteiger partial charge in [-0.3, -0.25) is 9.59 Å². The molecular formula is C24H29N3O4S. The number of anilines is 1. The molecule has 1 aliphatic heterocycles. The van der Waals surface area contributed by atoms with Crippen LogP contribution in [-0.2, 0) is 32.6 Å². The fourth-order valence-corrected chi connectivity index (χ4v) is 5.10. The van der Waals surface area contributed by atoms with Crippen LogP contribution in [0.1, 0.15) is 42.9 Å². The Bertz CT molecular complexity index is 1120. The molecule has 2 aromatic carbocycles. The second kappa shape index (κ2) is 9.03. The zero-order chi connectivity index (χ0) is 22.9. The van der Waals surface area contributed by atoms with Gasteiger partial charge in [0.15, 0.2) is 0 Å². The predicted octanol–water partition coefficient (Wildman–Crippen LogP) is 2.67. The molecule has 170 valence electrons. The van der Waals surface area contributed by atoms with Crippen molar-refractivity contribution in [1.29, 1.82) is 0 Å². The minimum atomic E-state index is -3.74. The summed E-state index contributed by atoms with van der Waals surface area (Å²) in [5, 5.41) is 2.80. The number of hydrogen-bond donors (Lipinski definition) is 2. The van der Waals surface area contributed by atoms with Gasteiger partial charge < -0.3 is 10.2 Å². The van der Waals surface area contributed by atoms with Crippen LogP contribution in [-0.4, -0.2) is 32.8 Å². The summed E-state index contributed by atoms with van der Waals surface area (Å²) in [5.41, 5.74) is 3.82. The van der Waals surface area contributed by atoms with Crippen LogP contribution in [0, 0.1) is 12.8 Å². The molecule has 32 heavy (non-hydrogen) atoms. The Morgan fingerprint density at radius 3 is 2.50 bits per heavy atom. The summed E-state index contributed by atoms with van der Waals surface area (Å²) < 4.78 is 27.9. The Morgan fingerprint density at radius 1 is 1.09 bits per heavy atom. The highest BCUT2D eigenvalue weighted by Crippen LogP contribution is 2.39. The second-order valence-electron chi connectivity index (χ2n) is 8.74. The fraction of sp³-hybridized carbons (Fsp3) is 0.417. The molecule has 0 radical (unpaired) electrons. The van der Waals surface area contributed by atoms with Crippen LogP contribution in [0.15, 0.2) is 47.4 Å². The van der Waals surface area contributed by atoms with Crippen LogP contribution in [0.2, 0.25) is 0 Å². The first-order valence-electron chi connectivity index (χ1n) is 11.0. The molecule has 0 spiro atoms. The van der Waals surface area contributed by atoms with Crippen molar-refractivity contribution in [3.63, 3.8) is 0 Å². The number of aryl methyl sites for hydroxylation is 1. The third kappa shape index (κ3) is 5.02. The summed E-state index contributed by atoms with van der Waals surface area (Å²) in [6, 6.07) is 12.8. The SMILES string of the molecule is Cc1ccc(CNC(=O)CCNS(=O)(=O)c2ccc3c(c2)C[C@@H](C)N3C(=O)C2CC2)cc1. The number of fused-ring (bicyclic) bond motifs is 1. The molecule has 2 N–H and O–H groups in total. The van der Waals surface area contributed by atoms with Gasteiger partial charge in [-0.2, -0.15) is 0 Å². The number of sulfonamides is 1. The molecule has 1 saturated carbocycles. The molecule has 2 aliphatic rings. The van der Waals surface area contributed by atoms with E-state index < -0.39 is 10.0 Å². The Balaban J connectivity index is 1.32. The topological polar surface area (TPSA) is 95.6 Å². The summed E-state index contributed by atoms with van der Waals surface area (Å²) in [7, 11) is -3.74. The number of carbonyl (C=O) groups is 2. The van der Waals surface area contributed by atoms with E-state index in [9.17, 15) is 18.0 Å². The summed E-state index contributed by atoms with van der Waals surface area (Å²) in [5.74, 6) is 0.0394. The summed E-state index contributed by atoms with van der Waals surface area (Å²) in [6.45, 7) is 4.41. The van der Waals surface area contributed by atoms with E-state index in [1.807, 2.05) is 43.0 Å². The highest BCUT2D eigenvalue weighted by Gasteiger charge is 2.39. The normalized spacial score (nSPS) is 17.8. The van der Waals surface area contributed by atoms with E-state index in [0.717, 1.165) is 35.2 Å². The van der Waals surface area contributed by atoms with Gasteiger partial charge >= 0.3 is 0 Å². The number of hydrogen-bond acceptors (Lipinski definition) is 4. The van der Waals surface area contributed by atoms with Crippen LogP contribution in [0.4, 0.5) is 5.69 Å². The minimum absolute atomic E-state index is 0.0157. The maximum Gasteiger partial charge on any atom is 0.240 e. The predicted molar refractivity (Wildman–Crippen MR) is 123 cm³/mol. The quantitative estimate of drug-likeness (QED) is 0.640. The van der Waals surface area contributed by atoms with Gasteiger partial charge in [0.05, 0.1) is 4.90 Å². The molecule has 1 fully saturated rings. The lowest BCUT2D eigenvalue weighted by molar-refractivity contribution is -0.121. The molecule has 2 aromatic rings. The average Bonchev–Trinajstić information content (AvgIpc) is 3.54. The van der Waals surface area contributed by atoms with E-state index in [1.165, 1.54) is 6.07 Å². The maximum atomic E-state index is 12.7. The Morgan fingerprint density at radius 2 is 1.81 bits per heavy atom. The van der Waals surface area contributed by atoms with Crippen molar-refractivity contribution in [3.8, 4) is 0 Å². The number of rotatable bonds is 8. The Labute approximate surface area is 189 Å². The molecule has 1 aliphatic carbocycles. The molecular weight excluding hydrogens is 426 g/mol. The van der Waals surface area contributed by atoms with Crippen LogP contribution >= 0.6 is 0 Å². The zero-order valence-electron chi connectivity index (χ0n) is 18.4. The molecule has 0 bridgehead atoms. The molecule has 1 heterocycles. The van der Waals surface area contributed by atoms with Crippen molar-refractivity contribution in [2.24, 2.45) is 5.92 Å². The van der Waals surface area contributed by atoms with Crippen molar-refractivity contribution in [2.75, 3.05) is 11.4 Å². The van der Waals surface area contributed by atoms with E-state index in [1.54, 1.807) is 12.1 Å². The first-order valence-corrected chi connectivity index (χ1v) is 12.5. The standard InChI is InChI=1S/C24H29N3O4S/c1-16-3-5-18(6-4-16)15-25-23(28)11-12-26-32(30,31)21-9-10-22-20(14-21)13-17(2)27(22)24(29)19-7-8-19/h3-6,9-10,14,17,19,26H,7-8,11-13,15H2,1-2H3,(H,25,28)/t17-/m1/s1. The molecule has 8 heteroatoms. The molecule has 0 unspecified atom stereocenters. The highest BCUT2D eigenvalue weighted by molar-refractivity contribution is 7.89. The largest absolute Gasteiger partial charge is 0.352 e. The van der Waals surface area contributed by atoms with Gasteiger partial charge in [0.2, 0.25) is 21.8 Å². The third-order valence-corrected chi connectivity index (χ3v) is 7.45. The van der Waals surface area contributed by atoms with E-state index in [-0.39, 0.29) is 41.6 Å². The maximum absolute atomic E-state index is 12.7.